The van der Waals surface area contributed by atoms with Gasteiger partial charge in [0.2, 0.25) is 0 Å². The van der Waals surface area contributed by atoms with Gasteiger partial charge >= 0.3 is 17.9 Å². The Bertz CT molecular complexity index is 1270. The monoisotopic (exact) mass is 855 g/mol. The predicted octanol–water partition coefficient (Wildman–Crippen LogP) is 12.9. The molecule has 0 saturated carbocycles. The van der Waals surface area contributed by atoms with E-state index >= 15 is 0 Å². The number of unbranched alkanes of at least 4 members (excludes halogenated alkanes) is 13. The van der Waals surface area contributed by atoms with Crippen LogP contribution in [0.1, 0.15) is 168 Å². The number of rotatable bonds is 42. The van der Waals surface area contributed by atoms with Crippen molar-refractivity contribution in [1.82, 2.24) is 0 Å². The van der Waals surface area contributed by atoms with Crippen LogP contribution in [0.3, 0.4) is 0 Å². The van der Waals surface area contributed by atoms with Crippen molar-refractivity contribution in [2.75, 3.05) is 47.5 Å². The van der Waals surface area contributed by atoms with Crippen molar-refractivity contribution in [3.63, 3.8) is 0 Å². The minimum atomic E-state index is -1.53. The largest absolute Gasteiger partial charge is 0.477 e. The first-order valence-corrected chi connectivity index (χ1v) is 23.8. The van der Waals surface area contributed by atoms with Gasteiger partial charge in [-0.3, -0.25) is 9.59 Å². The molecule has 9 heteroatoms. The lowest BCUT2D eigenvalue weighted by atomic mass is 10.0. The topological polar surface area (TPSA) is 108 Å². The van der Waals surface area contributed by atoms with Crippen LogP contribution in [0.15, 0.2) is 85.1 Å². The van der Waals surface area contributed by atoms with E-state index in [4.69, 9.17) is 18.9 Å². The van der Waals surface area contributed by atoms with Gasteiger partial charge in [-0.05, 0) is 64.2 Å². The molecular weight excluding hydrogens is 767 g/mol. The van der Waals surface area contributed by atoms with E-state index in [-0.39, 0.29) is 38.6 Å². The number of nitrogens with zero attached hydrogens (tertiary/aromatic N) is 1. The molecule has 0 aliphatic carbocycles. The number of likely N-dealkylation sites (N-methyl/N-ethyl adjacent to an activating group) is 1. The van der Waals surface area contributed by atoms with Crippen LogP contribution in [0, 0.1) is 0 Å². The molecule has 0 fully saturated rings. The van der Waals surface area contributed by atoms with Gasteiger partial charge < -0.3 is 28.5 Å². The summed E-state index contributed by atoms with van der Waals surface area (Å²) >= 11 is 0. The molecule has 1 N–H and O–H groups in total. The SMILES string of the molecule is CC/C=C\C/C=C\C/C=C\C/C=C\C/C=C\C/C=C\C/C=C\CCCC(=O)OC(COC(=O)CCCCCCCCCCCCCCC)COC(OCC[N+](C)(C)C)C(=O)O. The lowest BCUT2D eigenvalue weighted by Crippen LogP contribution is -2.40. The van der Waals surface area contributed by atoms with Crippen molar-refractivity contribution in [2.45, 2.75) is 180 Å². The van der Waals surface area contributed by atoms with E-state index < -0.39 is 24.3 Å². The summed E-state index contributed by atoms with van der Waals surface area (Å²) in [7, 11) is 5.93. The van der Waals surface area contributed by atoms with Crippen molar-refractivity contribution >= 4 is 17.9 Å². The quantitative estimate of drug-likeness (QED) is 0.0213. The number of ether oxygens (including phenoxy) is 4. The smallest absolute Gasteiger partial charge is 0.361 e. The highest BCUT2D eigenvalue weighted by atomic mass is 16.7. The zero-order valence-corrected chi connectivity index (χ0v) is 39.3. The number of carboxylic acids is 1. The minimum Gasteiger partial charge on any atom is -0.477 e. The lowest BCUT2D eigenvalue weighted by molar-refractivity contribution is -0.870. The van der Waals surface area contributed by atoms with Gasteiger partial charge in [-0.1, -0.05) is 176 Å². The Morgan fingerprint density at radius 2 is 0.934 bits per heavy atom. The molecule has 0 saturated heterocycles. The zero-order chi connectivity index (χ0) is 44.9. The average Bonchev–Trinajstić information content (AvgIpc) is 3.22. The van der Waals surface area contributed by atoms with E-state index in [0.29, 0.717) is 23.9 Å². The van der Waals surface area contributed by atoms with E-state index in [1.165, 1.54) is 64.2 Å². The van der Waals surface area contributed by atoms with Crippen LogP contribution < -0.4 is 0 Å². The molecule has 0 aliphatic rings. The van der Waals surface area contributed by atoms with Gasteiger partial charge in [0, 0.05) is 12.8 Å². The van der Waals surface area contributed by atoms with Crippen molar-refractivity contribution in [3.8, 4) is 0 Å². The summed E-state index contributed by atoms with van der Waals surface area (Å²) in [5.74, 6) is -2.10. The van der Waals surface area contributed by atoms with Gasteiger partial charge in [-0.25, -0.2) is 4.79 Å². The molecule has 2 atom stereocenters. The van der Waals surface area contributed by atoms with E-state index in [9.17, 15) is 19.5 Å². The molecule has 0 bridgehead atoms. The van der Waals surface area contributed by atoms with Crippen LogP contribution in [-0.2, 0) is 33.3 Å². The van der Waals surface area contributed by atoms with Crippen molar-refractivity contribution in [1.29, 1.82) is 0 Å². The summed E-state index contributed by atoms with van der Waals surface area (Å²) in [6.45, 7) is 4.67. The number of aliphatic carboxylic acids is 1. The van der Waals surface area contributed by atoms with Gasteiger partial charge in [0.05, 0.1) is 34.4 Å². The molecule has 2 unspecified atom stereocenters. The maximum Gasteiger partial charge on any atom is 0.361 e. The number of carboxylic acid groups (broad SMARTS) is 1. The first-order chi connectivity index (χ1) is 29.6. The number of carbonyl (C=O) groups excluding carboxylic acids is 2. The van der Waals surface area contributed by atoms with Crippen LogP contribution in [0.2, 0.25) is 0 Å². The van der Waals surface area contributed by atoms with Crippen molar-refractivity contribution in [3.05, 3.63) is 85.1 Å². The first-order valence-electron chi connectivity index (χ1n) is 23.8. The number of quaternary nitrogens is 1. The zero-order valence-electron chi connectivity index (χ0n) is 39.3. The van der Waals surface area contributed by atoms with E-state index in [0.717, 1.165) is 64.2 Å². The number of allylic oxidation sites excluding steroid dienone is 14. The molecule has 61 heavy (non-hydrogen) atoms. The molecule has 0 radical (unpaired) electrons. The second-order valence-corrected chi connectivity index (χ2v) is 16.7. The summed E-state index contributed by atoms with van der Waals surface area (Å²) in [6, 6.07) is 0. The fourth-order valence-corrected chi connectivity index (χ4v) is 6.00. The lowest BCUT2D eigenvalue weighted by Gasteiger charge is -2.25. The Morgan fingerprint density at radius 1 is 0.508 bits per heavy atom. The fraction of sp³-hybridized carbons (Fsp3) is 0.673. The van der Waals surface area contributed by atoms with Gasteiger partial charge in [-0.2, -0.15) is 0 Å². The number of hydrogen-bond acceptors (Lipinski definition) is 7. The number of carbonyl (C=O) groups is 3. The van der Waals surface area contributed by atoms with E-state index in [1.54, 1.807) is 0 Å². The van der Waals surface area contributed by atoms with Crippen LogP contribution in [0.4, 0.5) is 0 Å². The fourth-order valence-electron chi connectivity index (χ4n) is 6.00. The highest BCUT2D eigenvalue weighted by molar-refractivity contribution is 5.71. The summed E-state index contributed by atoms with van der Waals surface area (Å²) in [6.07, 6.45) is 52.2. The maximum absolute atomic E-state index is 12.8. The second-order valence-electron chi connectivity index (χ2n) is 16.7. The minimum absolute atomic E-state index is 0.173. The van der Waals surface area contributed by atoms with Crippen LogP contribution >= 0.6 is 0 Å². The molecule has 0 spiro atoms. The first kappa shape index (κ1) is 57.5. The van der Waals surface area contributed by atoms with Crippen LogP contribution in [0.25, 0.3) is 0 Å². The summed E-state index contributed by atoms with van der Waals surface area (Å²) in [5, 5.41) is 9.64. The van der Waals surface area contributed by atoms with Gasteiger partial charge in [-0.15, -0.1) is 0 Å². The molecule has 0 aromatic carbocycles. The predicted molar refractivity (Wildman–Crippen MR) is 253 cm³/mol. The molecule has 0 aromatic rings. The highest BCUT2D eigenvalue weighted by Crippen LogP contribution is 2.14. The third-order valence-corrected chi connectivity index (χ3v) is 9.67. The molecule has 0 aliphatic heterocycles. The summed E-state index contributed by atoms with van der Waals surface area (Å²) in [5.41, 5.74) is 0. The summed E-state index contributed by atoms with van der Waals surface area (Å²) < 4.78 is 22.7. The highest BCUT2D eigenvalue weighted by Gasteiger charge is 2.25. The Hall–Kier alpha value is -3.53. The molecular formula is C52H88NO8+. The average molecular weight is 855 g/mol. The van der Waals surface area contributed by atoms with Gasteiger partial charge in [0.25, 0.3) is 6.29 Å². The van der Waals surface area contributed by atoms with Crippen molar-refractivity contribution in [2.24, 2.45) is 0 Å². The third-order valence-electron chi connectivity index (χ3n) is 9.67. The third kappa shape index (κ3) is 44.3. The van der Waals surface area contributed by atoms with Crippen molar-refractivity contribution < 1.29 is 42.9 Å². The van der Waals surface area contributed by atoms with E-state index in [1.807, 2.05) is 21.1 Å². The maximum atomic E-state index is 12.8. The molecule has 0 aromatic heterocycles. The summed E-state index contributed by atoms with van der Waals surface area (Å²) in [4.78, 5) is 37.1. The number of esters is 2. The van der Waals surface area contributed by atoms with Crippen LogP contribution in [-0.4, -0.2) is 87.4 Å². The molecule has 0 heterocycles. The standard InChI is InChI=1S/C52H87NO8/c1-6-8-10-12-14-16-18-20-21-22-23-24-25-26-27-28-29-31-33-35-37-39-41-43-50(55)61-48(47-60-52(51(56)57)58-45-44-53(3,4)5)46-59-49(54)42-40-38-36-34-32-30-19-17-15-13-11-9-7-2/h8,10,14,16,20-21,23-24,26-27,29,31,35,37,48,52H,6-7,9,11-13,15,17-19,22,25,28,30,32-34,36,38-47H2,1-5H3/p+1/b10-8-,16-14-,21-20-,24-23-,27-26-,31-29-,37-35-. The number of hydrogen-bond donors (Lipinski definition) is 1. The Morgan fingerprint density at radius 3 is 1.38 bits per heavy atom. The van der Waals surface area contributed by atoms with Gasteiger partial charge in [0.15, 0.2) is 6.10 Å². The molecule has 0 rings (SSSR count). The van der Waals surface area contributed by atoms with Gasteiger partial charge in [0.1, 0.15) is 13.2 Å². The van der Waals surface area contributed by atoms with Crippen LogP contribution in [0.5, 0.6) is 0 Å². The molecule has 348 valence electrons. The Kier molecular flexibility index (Phi) is 40.6. The second kappa shape index (κ2) is 43.1. The molecule has 9 nitrogen and oxygen atoms in total. The molecule has 0 amide bonds. The van der Waals surface area contributed by atoms with E-state index in [2.05, 4.69) is 98.9 Å². The Balaban J connectivity index is 4.52. The normalized spacial score (nSPS) is 13.7. The Labute approximate surface area is 372 Å².